The highest BCUT2D eigenvalue weighted by Crippen LogP contribution is 2.21. The number of hydrogen-bond donors (Lipinski definition) is 2. The Morgan fingerprint density at radius 3 is 2.78 bits per heavy atom. The van der Waals surface area contributed by atoms with E-state index in [0.717, 1.165) is 22.3 Å². The minimum atomic E-state index is -0.179. The van der Waals surface area contributed by atoms with Gasteiger partial charge in [0.15, 0.2) is 0 Å². The summed E-state index contributed by atoms with van der Waals surface area (Å²) in [4.78, 5) is 19.9. The topological polar surface area (TPSA) is 75.7 Å². The van der Waals surface area contributed by atoms with Gasteiger partial charge in [-0.3, -0.25) is 9.89 Å². The molecule has 23 heavy (non-hydrogen) atoms. The highest BCUT2D eigenvalue weighted by molar-refractivity contribution is 5.76. The van der Waals surface area contributed by atoms with E-state index < -0.39 is 0 Å². The van der Waals surface area contributed by atoms with E-state index >= 15 is 0 Å². The summed E-state index contributed by atoms with van der Waals surface area (Å²) in [5.41, 5.74) is 3.09. The van der Waals surface area contributed by atoms with Gasteiger partial charge in [0.2, 0.25) is 5.95 Å². The minimum absolute atomic E-state index is 0.179. The molecule has 2 aromatic heterocycles. The molecular formula is C17H14N4O2. The lowest BCUT2D eigenvalue weighted by atomic mass is 10.1. The monoisotopic (exact) mass is 306 g/mol. The molecule has 2 heterocycles. The van der Waals surface area contributed by atoms with Gasteiger partial charge in [-0.15, -0.1) is 0 Å². The maximum absolute atomic E-state index is 12.3. The van der Waals surface area contributed by atoms with Crippen molar-refractivity contribution in [2.24, 2.45) is 0 Å². The smallest absolute Gasteiger partial charge is 0.274 e. The second-order valence-corrected chi connectivity index (χ2v) is 5.15. The van der Waals surface area contributed by atoms with E-state index in [1.165, 1.54) is 4.68 Å². The molecule has 0 aliphatic carbocycles. The molecular weight excluding hydrogens is 292 g/mol. The SMILES string of the molecule is COc1cccc(-c2cc(=O)n(-c3nc4ccccc4[nH]3)[nH]2)c1. The third-order valence-electron chi connectivity index (χ3n) is 3.69. The average molecular weight is 306 g/mol. The van der Waals surface area contributed by atoms with Crippen molar-refractivity contribution in [3.05, 3.63) is 65.0 Å². The first-order valence-corrected chi connectivity index (χ1v) is 7.16. The van der Waals surface area contributed by atoms with Gasteiger partial charge >= 0.3 is 0 Å². The number of rotatable bonds is 3. The largest absolute Gasteiger partial charge is 0.497 e. The minimum Gasteiger partial charge on any atom is -0.497 e. The van der Waals surface area contributed by atoms with Crippen molar-refractivity contribution in [1.29, 1.82) is 0 Å². The fraction of sp³-hybridized carbons (Fsp3) is 0.0588. The molecule has 0 unspecified atom stereocenters. The zero-order valence-electron chi connectivity index (χ0n) is 12.4. The fourth-order valence-corrected chi connectivity index (χ4v) is 2.54. The first kappa shape index (κ1) is 13.4. The first-order valence-electron chi connectivity index (χ1n) is 7.16. The van der Waals surface area contributed by atoms with Gasteiger partial charge in [-0.25, -0.2) is 4.98 Å². The van der Waals surface area contributed by atoms with Crippen LogP contribution in [0.25, 0.3) is 28.2 Å². The maximum Gasteiger partial charge on any atom is 0.274 e. The molecule has 0 fully saturated rings. The second-order valence-electron chi connectivity index (χ2n) is 5.15. The van der Waals surface area contributed by atoms with Crippen LogP contribution in [0.1, 0.15) is 0 Å². The van der Waals surface area contributed by atoms with E-state index in [1.54, 1.807) is 13.2 Å². The van der Waals surface area contributed by atoms with Crippen molar-refractivity contribution in [3.63, 3.8) is 0 Å². The van der Waals surface area contributed by atoms with E-state index in [9.17, 15) is 4.79 Å². The third kappa shape index (κ3) is 2.30. The number of H-pyrrole nitrogens is 2. The summed E-state index contributed by atoms with van der Waals surface area (Å²) in [6, 6.07) is 16.7. The summed E-state index contributed by atoms with van der Waals surface area (Å²) in [7, 11) is 1.61. The molecule has 6 nitrogen and oxygen atoms in total. The van der Waals surface area contributed by atoms with Crippen molar-refractivity contribution in [1.82, 2.24) is 19.7 Å². The van der Waals surface area contributed by atoms with Gasteiger partial charge in [0, 0.05) is 11.6 Å². The number of nitrogens with zero attached hydrogens (tertiary/aromatic N) is 2. The Labute approximate surface area is 131 Å². The number of benzene rings is 2. The van der Waals surface area contributed by atoms with Crippen molar-refractivity contribution in [2.45, 2.75) is 0 Å². The van der Waals surface area contributed by atoms with Gasteiger partial charge in [-0.1, -0.05) is 24.3 Å². The van der Waals surface area contributed by atoms with Crippen LogP contribution in [0.4, 0.5) is 0 Å². The Kier molecular flexibility index (Phi) is 3.01. The van der Waals surface area contributed by atoms with Crippen LogP contribution in [0.15, 0.2) is 59.4 Å². The van der Waals surface area contributed by atoms with Gasteiger partial charge in [0.25, 0.3) is 5.56 Å². The number of aromatic amines is 2. The Morgan fingerprint density at radius 1 is 1.09 bits per heavy atom. The lowest BCUT2D eigenvalue weighted by Crippen LogP contribution is -2.14. The molecule has 4 rings (SSSR count). The molecule has 0 saturated heterocycles. The van der Waals surface area contributed by atoms with Gasteiger partial charge in [0.1, 0.15) is 5.75 Å². The molecule has 0 bridgehead atoms. The summed E-state index contributed by atoms with van der Waals surface area (Å²) in [6.07, 6.45) is 0. The van der Waals surface area contributed by atoms with E-state index in [-0.39, 0.29) is 5.56 Å². The normalized spacial score (nSPS) is 11.0. The molecule has 0 atom stereocenters. The number of hydrogen-bond acceptors (Lipinski definition) is 3. The predicted octanol–water partition coefficient (Wildman–Crippen LogP) is 2.72. The Balaban J connectivity index is 1.81. The van der Waals surface area contributed by atoms with Gasteiger partial charge in [-0.05, 0) is 24.3 Å². The van der Waals surface area contributed by atoms with Gasteiger partial charge < -0.3 is 9.72 Å². The quantitative estimate of drug-likeness (QED) is 0.611. The van der Waals surface area contributed by atoms with Crippen molar-refractivity contribution >= 4 is 11.0 Å². The van der Waals surface area contributed by atoms with Crippen LogP contribution >= 0.6 is 0 Å². The van der Waals surface area contributed by atoms with Crippen LogP contribution in [0, 0.1) is 0 Å². The van der Waals surface area contributed by atoms with Crippen LogP contribution in [-0.2, 0) is 0 Å². The van der Waals surface area contributed by atoms with Gasteiger partial charge in [0.05, 0.1) is 23.8 Å². The standard InChI is InChI=1S/C17H14N4O2/c1-23-12-6-4-5-11(9-12)15-10-16(22)21(20-15)17-18-13-7-2-3-8-14(13)19-17/h2-10,20H,1H3,(H,18,19). The lowest BCUT2D eigenvalue weighted by molar-refractivity contribution is 0.415. The highest BCUT2D eigenvalue weighted by atomic mass is 16.5. The number of methoxy groups -OCH3 is 1. The van der Waals surface area contributed by atoms with Crippen LogP contribution in [0.5, 0.6) is 5.75 Å². The fourth-order valence-electron chi connectivity index (χ4n) is 2.54. The molecule has 0 aliphatic rings. The zero-order valence-corrected chi connectivity index (χ0v) is 12.4. The van der Waals surface area contributed by atoms with Crippen molar-refractivity contribution < 1.29 is 4.74 Å². The zero-order chi connectivity index (χ0) is 15.8. The van der Waals surface area contributed by atoms with Crippen LogP contribution < -0.4 is 10.3 Å². The molecule has 0 aliphatic heterocycles. The van der Waals surface area contributed by atoms with Crippen LogP contribution in [0.3, 0.4) is 0 Å². The second kappa shape index (κ2) is 5.17. The lowest BCUT2D eigenvalue weighted by Gasteiger charge is -2.02. The molecule has 0 saturated carbocycles. The predicted molar refractivity (Wildman–Crippen MR) is 88.0 cm³/mol. The van der Waals surface area contributed by atoms with Crippen molar-refractivity contribution in [2.75, 3.05) is 7.11 Å². The average Bonchev–Trinajstić information content (AvgIpc) is 3.18. The molecule has 6 heteroatoms. The van der Waals surface area contributed by atoms with E-state index in [4.69, 9.17) is 4.74 Å². The molecule has 0 radical (unpaired) electrons. The van der Waals surface area contributed by atoms with Crippen molar-refractivity contribution in [3.8, 4) is 23.0 Å². The summed E-state index contributed by atoms with van der Waals surface area (Å²) in [5, 5.41) is 3.08. The van der Waals surface area contributed by atoms with Crippen LogP contribution in [-0.4, -0.2) is 26.9 Å². The number of aromatic nitrogens is 4. The summed E-state index contributed by atoms with van der Waals surface area (Å²) < 4.78 is 6.62. The molecule has 0 amide bonds. The Bertz CT molecular complexity index is 1010. The summed E-state index contributed by atoms with van der Waals surface area (Å²) >= 11 is 0. The Morgan fingerprint density at radius 2 is 1.96 bits per heavy atom. The summed E-state index contributed by atoms with van der Waals surface area (Å²) in [5.74, 6) is 1.20. The first-order chi connectivity index (χ1) is 11.2. The van der Waals surface area contributed by atoms with Crippen LogP contribution in [0.2, 0.25) is 0 Å². The molecule has 2 aromatic carbocycles. The van der Waals surface area contributed by atoms with E-state index in [1.807, 2.05) is 48.5 Å². The molecule has 2 N–H and O–H groups in total. The Hall–Kier alpha value is -3.28. The number of para-hydroxylation sites is 2. The number of nitrogens with one attached hydrogen (secondary N) is 2. The molecule has 0 spiro atoms. The maximum atomic E-state index is 12.3. The molecule has 4 aromatic rings. The van der Waals surface area contributed by atoms with E-state index in [2.05, 4.69) is 15.1 Å². The number of imidazole rings is 1. The highest BCUT2D eigenvalue weighted by Gasteiger charge is 2.11. The number of ether oxygens (including phenoxy) is 1. The van der Waals surface area contributed by atoms with Gasteiger partial charge in [-0.2, -0.15) is 4.68 Å². The molecule has 114 valence electrons. The third-order valence-corrected chi connectivity index (χ3v) is 3.69. The summed E-state index contributed by atoms with van der Waals surface area (Å²) in [6.45, 7) is 0. The number of fused-ring (bicyclic) bond motifs is 1. The van der Waals surface area contributed by atoms with E-state index in [0.29, 0.717) is 11.6 Å².